The molecule has 0 heterocycles. The van der Waals surface area contributed by atoms with E-state index in [2.05, 4.69) is 38.2 Å². The Kier molecular flexibility index (Phi) is 26.2. The van der Waals surface area contributed by atoms with Gasteiger partial charge < -0.3 is 14.6 Å². The van der Waals surface area contributed by atoms with Gasteiger partial charge in [0.25, 0.3) is 0 Å². The Morgan fingerprint density at radius 2 is 1.27 bits per heavy atom. The summed E-state index contributed by atoms with van der Waals surface area (Å²) in [6.07, 6.45) is 29.2. The average Bonchev–Trinajstić information content (AvgIpc) is 2.82. The molecule has 0 radical (unpaired) electrons. The molecule has 0 aromatic heterocycles. The quantitative estimate of drug-likeness (QED) is 0.0839. The lowest BCUT2D eigenvalue weighted by Gasteiger charge is -2.15. The van der Waals surface area contributed by atoms with Gasteiger partial charge in [0.05, 0.1) is 13.2 Å². The van der Waals surface area contributed by atoms with Crippen molar-refractivity contribution in [2.24, 2.45) is 0 Å². The summed E-state index contributed by atoms with van der Waals surface area (Å²) >= 11 is 0. The molecule has 0 spiro atoms. The number of rotatable bonds is 25. The van der Waals surface area contributed by atoms with Gasteiger partial charge in [0.15, 0.2) is 0 Å². The van der Waals surface area contributed by atoms with Crippen LogP contribution in [0.15, 0.2) is 24.3 Å². The van der Waals surface area contributed by atoms with Gasteiger partial charge in [0.1, 0.15) is 6.10 Å². The molecule has 0 amide bonds. The number of aliphatic hydroxyl groups excluding tert-OH is 1. The lowest BCUT2D eigenvalue weighted by Crippen LogP contribution is -2.27. The Morgan fingerprint density at radius 3 is 1.94 bits per heavy atom. The van der Waals surface area contributed by atoms with Crippen LogP contribution in [0.4, 0.5) is 0 Å². The Morgan fingerprint density at radius 1 is 0.727 bits per heavy atom. The van der Waals surface area contributed by atoms with Gasteiger partial charge in [-0.1, -0.05) is 102 Å². The first-order valence-electron chi connectivity index (χ1n) is 13.9. The van der Waals surface area contributed by atoms with E-state index in [1.807, 2.05) is 0 Å². The van der Waals surface area contributed by atoms with Crippen LogP contribution in [-0.4, -0.2) is 37.0 Å². The molecule has 33 heavy (non-hydrogen) atoms. The monoisotopic (exact) mass is 466 g/mol. The van der Waals surface area contributed by atoms with Crippen molar-refractivity contribution in [3.05, 3.63) is 24.3 Å². The number of carbonyl (C=O) groups excluding carboxylic acids is 1. The molecule has 0 saturated heterocycles. The van der Waals surface area contributed by atoms with Crippen LogP contribution in [0.5, 0.6) is 0 Å². The van der Waals surface area contributed by atoms with Crippen molar-refractivity contribution in [2.75, 3.05) is 19.8 Å². The molecule has 0 aromatic carbocycles. The largest absolute Gasteiger partial charge is 0.457 e. The minimum Gasteiger partial charge on any atom is -0.457 e. The number of carbonyl (C=O) groups is 1. The third-order valence-electron chi connectivity index (χ3n) is 5.78. The summed E-state index contributed by atoms with van der Waals surface area (Å²) in [6, 6.07) is 0. The van der Waals surface area contributed by atoms with E-state index in [-0.39, 0.29) is 12.6 Å². The third kappa shape index (κ3) is 25.3. The lowest BCUT2D eigenvalue weighted by atomic mass is 10.1. The molecule has 1 N–H and O–H groups in total. The zero-order valence-electron chi connectivity index (χ0n) is 21.9. The van der Waals surface area contributed by atoms with Crippen LogP contribution in [0, 0.1) is 0 Å². The maximum atomic E-state index is 12.0. The van der Waals surface area contributed by atoms with Gasteiger partial charge in [-0.05, 0) is 44.9 Å². The first-order chi connectivity index (χ1) is 16.2. The van der Waals surface area contributed by atoms with Gasteiger partial charge in [-0.3, -0.25) is 4.79 Å². The number of hydrogen-bond donors (Lipinski definition) is 1. The lowest BCUT2D eigenvalue weighted by molar-refractivity contribution is -0.154. The van der Waals surface area contributed by atoms with E-state index in [0.717, 1.165) is 38.5 Å². The van der Waals surface area contributed by atoms with Gasteiger partial charge in [-0.2, -0.15) is 0 Å². The summed E-state index contributed by atoms with van der Waals surface area (Å²) in [5.74, 6) is -0.220. The van der Waals surface area contributed by atoms with E-state index in [1.54, 1.807) is 0 Å². The fourth-order valence-corrected chi connectivity index (χ4v) is 3.65. The van der Waals surface area contributed by atoms with E-state index >= 15 is 0 Å². The summed E-state index contributed by atoms with van der Waals surface area (Å²) in [5, 5.41) is 9.41. The van der Waals surface area contributed by atoms with Crippen LogP contribution in [0.1, 0.15) is 129 Å². The van der Waals surface area contributed by atoms with E-state index < -0.39 is 6.10 Å². The fourth-order valence-electron chi connectivity index (χ4n) is 3.65. The average molecular weight is 467 g/mol. The van der Waals surface area contributed by atoms with Gasteiger partial charge in [0, 0.05) is 13.0 Å². The predicted molar refractivity (Wildman–Crippen MR) is 141 cm³/mol. The first-order valence-corrected chi connectivity index (χ1v) is 13.9. The smallest absolute Gasteiger partial charge is 0.306 e. The second-order valence-corrected chi connectivity index (χ2v) is 9.12. The zero-order valence-corrected chi connectivity index (χ0v) is 21.9. The molecule has 0 aliphatic rings. The van der Waals surface area contributed by atoms with Crippen LogP contribution >= 0.6 is 0 Å². The fraction of sp³-hybridized carbons (Fsp3) is 0.828. The molecular weight excluding hydrogens is 412 g/mol. The minimum atomic E-state index is -0.532. The predicted octanol–water partition coefficient (Wildman–Crippen LogP) is 8.08. The molecule has 1 unspecified atom stereocenters. The highest BCUT2D eigenvalue weighted by atomic mass is 16.6. The molecule has 194 valence electrons. The molecule has 0 aliphatic heterocycles. The van der Waals surface area contributed by atoms with Crippen molar-refractivity contribution in [1.29, 1.82) is 0 Å². The number of allylic oxidation sites excluding steroid dienone is 4. The molecule has 0 aromatic rings. The van der Waals surface area contributed by atoms with Crippen LogP contribution in [0.2, 0.25) is 0 Å². The third-order valence-corrected chi connectivity index (χ3v) is 5.78. The highest BCUT2D eigenvalue weighted by molar-refractivity contribution is 5.69. The second-order valence-electron chi connectivity index (χ2n) is 9.12. The number of aliphatic hydroxyl groups is 1. The molecule has 4 heteroatoms. The SMILES string of the molecule is CCCCCC=CCC=CCCCCCCCC(=O)OC(CO)COCCCCCCCC. The Hall–Kier alpha value is -1.13. The van der Waals surface area contributed by atoms with Gasteiger partial charge >= 0.3 is 5.97 Å². The summed E-state index contributed by atoms with van der Waals surface area (Å²) < 4.78 is 10.9. The van der Waals surface area contributed by atoms with Crippen molar-refractivity contribution in [2.45, 2.75) is 136 Å². The van der Waals surface area contributed by atoms with Crippen LogP contribution in [0.25, 0.3) is 0 Å². The highest BCUT2D eigenvalue weighted by Gasteiger charge is 2.13. The standard InChI is InChI=1S/C29H54O4/c1-3-5-7-9-11-12-13-14-15-16-17-18-19-20-22-24-29(31)33-28(26-30)27-32-25-23-21-10-8-6-4-2/h11-12,14-15,28,30H,3-10,13,16-27H2,1-2H3. The van der Waals surface area contributed by atoms with Crippen molar-refractivity contribution in [3.63, 3.8) is 0 Å². The van der Waals surface area contributed by atoms with E-state index in [1.165, 1.54) is 70.6 Å². The molecule has 0 bridgehead atoms. The van der Waals surface area contributed by atoms with E-state index in [4.69, 9.17) is 9.47 Å². The summed E-state index contributed by atoms with van der Waals surface area (Å²) in [6.45, 7) is 5.24. The van der Waals surface area contributed by atoms with E-state index in [0.29, 0.717) is 19.6 Å². The van der Waals surface area contributed by atoms with Crippen LogP contribution < -0.4 is 0 Å². The molecule has 0 fully saturated rings. The highest BCUT2D eigenvalue weighted by Crippen LogP contribution is 2.10. The maximum Gasteiger partial charge on any atom is 0.306 e. The van der Waals surface area contributed by atoms with E-state index in [9.17, 15) is 9.90 Å². The van der Waals surface area contributed by atoms with Crippen LogP contribution in [-0.2, 0) is 14.3 Å². The minimum absolute atomic E-state index is 0.176. The van der Waals surface area contributed by atoms with Crippen molar-refractivity contribution >= 4 is 5.97 Å². The molecule has 1 atom stereocenters. The molecular formula is C29H54O4. The van der Waals surface area contributed by atoms with Gasteiger partial charge in [0.2, 0.25) is 0 Å². The Balaban J connectivity index is 3.51. The van der Waals surface area contributed by atoms with Crippen LogP contribution in [0.3, 0.4) is 0 Å². The van der Waals surface area contributed by atoms with Gasteiger partial charge in [-0.15, -0.1) is 0 Å². The number of esters is 1. The molecule has 0 aliphatic carbocycles. The van der Waals surface area contributed by atoms with Crippen molar-refractivity contribution in [1.82, 2.24) is 0 Å². The summed E-state index contributed by atoms with van der Waals surface area (Å²) in [7, 11) is 0. The normalized spacial score (nSPS) is 12.7. The Bertz CT molecular complexity index is 459. The molecule has 0 rings (SSSR count). The first kappa shape index (κ1) is 31.9. The number of ether oxygens (including phenoxy) is 2. The maximum absolute atomic E-state index is 12.0. The second kappa shape index (κ2) is 27.1. The van der Waals surface area contributed by atoms with Crippen molar-refractivity contribution < 1.29 is 19.4 Å². The summed E-state index contributed by atoms with van der Waals surface area (Å²) in [5.41, 5.74) is 0. The van der Waals surface area contributed by atoms with Crippen molar-refractivity contribution in [3.8, 4) is 0 Å². The zero-order chi connectivity index (χ0) is 24.2. The summed E-state index contributed by atoms with van der Waals surface area (Å²) in [4.78, 5) is 12.0. The molecule has 0 saturated carbocycles. The number of hydrogen-bond acceptors (Lipinski definition) is 4. The number of unbranched alkanes of at least 4 members (excludes halogenated alkanes) is 13. The Labute approximate surface area is 205 Å². The topological polar surface area (TPSA) is 55.8 Å². The van der Waals surface area contributed by atoms with Gasteiger partial charge in [-0.25, -0.2) is 0 Å². The molecule has 4 nitrogen and oxygen atoms in total.